The lowest BCUT2D eigenvalue weighted by atomic mass is 9.80. The number of para-hydroxylation sites is 1. The van der Waals surface area contributed by atoms with Gasteiger partial charge in [-0.2, -0.15) is 0 Å². The van der Waals surface area contributed by atoms with Gasteiger partial charge in [0.2, 0.25) is 5.91 Å². The molecule has 7 heteroatoms. The van der Waals surface area contributed by atoms with Crippen LogP contribution in [0.5, 0.6) is 0 Å². The number of fused-ring (bicyclic) bond motifs is 2. The van der Waals surface area contributed by atoms with Crippen molar-refractivity contribution in [3.05, 3.63) is 40.9 Å². The van der Waals surface area contributed by atoms with Gasteiger partial charge in [-0.05, 0) is 94.8 Å². The van der Waals surface area contributed by atoms with Gasteiger partial charge in [0.25, 0.3) is 5.56 Å². The molecule has 3 aliphatic rings. The van der Waals surface area contributed by atoms with Gasteiger partial charge in [0, 0.05) is 45.3 Å². The predicted octanol–water partition coefficient (Wildman–Crippen LogP) is 4.33. The zero-order valence-corrected chi connectivity index (χ0v) is 22.5. The highest BCUT2D eigenvalue weighted by Crippen LogP contribution is 2.34. The molecule has 2 atom stereocenters. The number of amides is 1. The fourth-order valence-corrected chi connectivity index (χ4v) is 7.13. The summed E-state index contributed by atoms with van der Waals surface area (Å²) in [5.41, 5.74) is 0.790. The molecule has 37 heavy (non-hydrogen) atoms. The largest absolute Gasteiger partial charge is 0.385 e. The van der Waals surface area contributed by atoms with Crippen molar-refractivity contribution in [2.75, 3.05) is 39.9 Å². The van der Waals surface area contributed by atoms with Crippen LogP contribution in [-0.2, 0) is 16.1 Å². The predicted molar refractivity (Wildman–Crippen MR) is 146 cm³/mol. The lowest BCUT2D eigenvalue weighted by molar-refractivity contribution is -0.138. The molecule has 1 aliphatic carbocycles. The summed E-state index contributed by atoms with van der Waals surface area (Å²) in [6.07, 6.45) is 12.8. The second kappa shape index (κ2) is 12.5. The van der Waals surface area contributed by atoms with Gasteiger partial charge in [-0.15, -0.1) is 0 Å². The second-order valence-electron chi connectivity index (χ2n) is 11.6. The standard InChI is InChI=1S/C30H44N4O3/c1-37-19-7-18-33(21-25-8-6-17-32-16-5-4-11-28(25)32)29(35)24-14-12-23(13-15-24)20-34-22-31-27-10-3-2-9-26(27)30(34)36/h2-3,9-10,22-25,28H,4-8,11-21H2,1H3/t23?,24?,25-,28+/m0/s1. The van der Waals surface area contributed by atoms with E-state index in [9.17, 15) is 9.59 Å². The number of benzene rings is 1. The van der Waals surface area contributed by atoms with Crippen LogP contribution in [0, 0.1) is 17.8 Å². The molecule has 3 heterocycles. The summed E-state index contributed by atoms with van der Waals surface area (Å²) < 4.78 is 7.09. The minimum Gasteiger partial charge on any atom is -0.385 e. The van der Waals surface area contributed by atoms with E-state index in [-0.39, 0.29) is 11.5 Å². The molecular weight excluding hydrogens is 464 g/mol. The molecule has 0 bridgehead atoms. The summed E-state index contributed by atoms with van der Waals surface area (Å²) in [4.78, 5) is 36.1. The van der Waals surface area contributed by atoms with Crippen LogP contribution in [0.25, 0.3) is 10.9 Å². The molecule has 7 nitrogen and oxygen atoms in total. The molecule has 2 aromatic rings. The summed E-state index contributed by atoms with van der Waals surface area (Å²) in [6, 6.07) is 8.20. The molecule has 2 aliphatic heterocycles. The topological polar surface area (TPSA) is 67.7 Å². The zero-order valence-electron chi connectivity index (χ0n) is 22.5. The number of rotatable bonds is 9. The lowest BCUT2D eigenvalue weighted by Gasteiger charge is -2.46. The Hall–Kier alpha value is -2.25. The molecule has 2 saturated heterocycles. The lowest BCUT2D eigenvalue weighted by Crippen LogP contribution is -2.52. The van der Waals surface area contributed by atoms with Crippen LogP contribution < -0.4 is 5.56 Å². The van der Waals surface area contributed by atoms with E-state index < -0.39 is 0 Å². The van der Waals surface area contributed by atoms with Crippen LogP contribution in [0.15, 0.2) is 35.4 Å². The van der Waals surface area contributed by atoms with Crippen molar-refractivity contribution < 1.29 is 9.53 Å². The van der Waals surface area contributed by atoms with Crippen LogP contribution in [0.4, 0.5) is 0 Å². The van der Waals surface area contributed by atoms with E-state index in [1.165, 1.54) is 45.2 Å². The van der Waals surface area contributed by atoms with Gasteiger partial charge in [-0.3, -0.25) is 14.2 Å². The average molecular weight is 509 g/mol. The molecule has 0 spiro atoms. The van der Waals surface area contributed by atoms with Crippen molar-refractivity contribution in [1.82, 2.24) is 19.4 Å². The average Bonchev–Trinajstić information content (AvgIpc) is 2.94. The monoisotopic (exact) mass is 508 g/mol. The minimum absolute atomic E-state index is 0.0392. The summed E-state index contributed by atoms with van der Waals surface area (Å²) in [5.74, 6) is 1.48. The first-order chi connectivity index (χ1) is 18.1. The highest BCUT2D eigenvalue weighted by Gasteiger charge is 2.36. The van der Waals surface area contributed by atoms with E-state index >= 15 is 0 Å². The number of nitrogens with zero attached hydrogens (tertiary/aromatic N) is 4. The van der Waals surface area contributed by atoms with Gasteiger partial charge in [-0.25, -0.2) is 4.98 Å². The fourth-order valence-electron chi connectivity index (χ4n) is 7.13. The SMILES string of the molecule is COCCCN(C[C@@H]1CCCN2CCCC[C@H]12)C(=O)C1CCC(Cn2cnc3ccccc3c2=O)CC1. The van der Waals surface area contributed by atoms with Crippen molar-refractivity contribution in [3.8, 4) is 0 Å². The van der Waals surface area contributed by atoms with E-state index in [0.29, 0.717) is 42.3 Å². The van der Waals surface area contributed by atoms with Crippen molar-refractivity contribution >= 4 is 16.8 Å². The van der Waals surface area contributed by atoms with Gasteiger partial charge >= 0.3 is 0 Å². The smallest absolute Gasteiger partial charge is 0.261 e. The summed E-state index contributed by atoms with van der Waals surface area (Å²) >= 11 is 0. The van der Waals surface area contributed by atoms with Crippen molar-refractivity contribution in [3.63, 3.8) is 0 Å². The Balaban J connectivity index is 1.19. The Bertz CT molecular complexity index is 1090. The van der Waals surface area contributed by atoms with Crippen molar-refractivity contribution in [2.24, 2.45) is 17.8 Å². The first-order valence-corrected chi connectivity index (χ1v) is 14.6. The quantitative estimate of drug-likeness (QED) is 0.472. The number of hydrogen-bond acceptors (Lipinski definition) is 5. The van der Waals surface area contributed by atoms with Gasteiger partial charge in [0.15, 0.2) is 0 Å². The molecule has 1 aromatic carbocycles. The zero-order chi connectivity index (χ0) is 25.6. The Morgan fingerprint density at radius 3 is 2.70 bits per heavy atom. The van der Waals surface area contributed by atoms with Crippen LogP contribution >= 0.6 is 0 Å². The van der Waals surface area contributed by atoms with Gasteiger partial charge in [0.05, 0.1) is 17.2 Å². The highest BCUT2D eigenvalue weighted by molar-refractivity contribution is 5.79. The summed E-state index contributed by atoms with van der Waals surface area (Å²) in [5, 5.41) is 0.680. The van der Waals surface area contributed by atoms with E-state index in [4.69, 9.17) is 4.74 Å². The Kier molecular flexibility index (Phi) is 8.93. The molecule has 0 radical (unpaired) electrons. The second-order valence-corrected chi connectivity index (χ2v) is 11.6. The Morgan fingerprint density at radius 1 is 1.05 bits per heavy atom. The number of carbonyl (C=O) groups is 1. The molecule has 1 amide bonds. The normalized spacial score (nSPS) is 26.6. The molecule has 1 aromatic heterocycles. The van der Waals surface area contributed by atoms with Crippen molar-refractivity contribution in [1.29, 1.82) is 0 Å². The van der Waals surface area contributed by atoms with Gasteiger partial charge in [-0.1, -0.05) is 18.6 Å². The third-order valence-corrected chi connectivity index (χ3v) is 9.15. The third kappa shape index (κ3) is 6.26. The molecule has 3 fully saturated rings. The number of piperidine rings is 2. The molecule has 5 rings (SSSR count). The fraction of sp³-hybridized carbons (Fsp3) is 0.700. The van der Waals surface area contributed by atoms with Crippen molar-refractivity contribution in [2.45, 2.75) is 76.8 Å². The van der Waals surface area contributed by atoms with Gasteiger partial charge < -0.3 is 14.5 Å². The van der Waals surface area contributed by atoms with Crippen LogP contribution in [-0.4, -0.2) is 71.2 Å². The van der Waals surface area contributed by atoms with Crippen LogP contribution in [0.1, 0.15) is 64.2 Å². The third-order valence-electron chi connectivity index (χ3n) is 9.15. The van der Waals surface area contributed by atoms with E-state index in [2.05, 4.69) is 14.8 Å². The van der Waals surface area contributed by atoms with E-state index in [0.717, 1.165) is 50.7 Å². The maximum atomic E-state index is 13.8. The Morgan fingerprint density at radius 2 is 1.86 bits per heavy atom. The molecule has 1 saturated carbocycles. The molecule has 0 unspecified atom stereocenters. The first-order valence-electron chi connectivity index (χ1n) is 14.6. The van der Waals surface area contributed by atoms with Crippen LogP contribution in [0.2, 0.25) is 0 Å². The maximum Gasteiger partial charge on any atom is 0.261 e. The minimum atomic E-state index is 0.0392. The number of carbonyl (C=O) groups excluding carboxylic acids is 1. The number of methoxy groups -OCH3 is 1. The maximum absolute atomic E-state index is 13.8. The molecule has 202 valence electrons. The number of ether oxygens (including phenoxy) is 1. The van der Waals surface area contributed by atoms with E-state index in [1.807, 2.05) is 24.3 Å². The summed E-state index contributed by atoms with van der Waals surface area (Å²) in [6.45, 7) is 5.56. The Labute approximate surface area is 221 Å². The van der Waals surface area contributed by atoms with E-state index in [1.54, 1.807) is 18.0 Å². The first kappa shape index (κ1) is 26.4. The van der Waals surface area contributed by atoms with Gasteiger partial charge in [0.1, 0.15) is 0 Å². The molecular formula is C30H44N4O3. The molecule has 0 N–H and O–H groups in total. The highest BCUT2D eigenvalue weighted by atomic mass is 16.5. The number of hydrogen-bond donors (Lipinski definition) is 0. The van der Waals surface area contributed by atoms with Crippen LogP contribution in [0.3, 0.4) is 0 Å². The number of aromatic nitrogens is 2. The summed E-state index contributed by atoms with van der Waals surface area (Å²) in [7, 11) is 1.74.